The molecule has 0 aliphatic carbocycles. The second-order valence-corrected chi connectivity index (χ2v) is 5.06. The van der Waals surface area contributed by atoms with Crippen LogP contribution in [0.1, 0.15) is 16.4 Å². The van der Waals surface area contributed by atoms with Crippen LogP contribution in [0.15, 0.2) is 41.9 Å². The van der Waals surface area contributed by atoms with E-state index in [0.29, 0.717) is 5.69 Å². The fraction of sp³-hybridized carbons (Fsp3) is 0.143. The fourth-order valence-electron chi connectivity index (χ4n) is 2.05. The van der Waals surface area contributed by atoms with Crippen LogP contribution in [0.3, 0.4) is 0 Å². The molecule has 0 saturated heterocycles. The average Bonchev–Trinajstić information content (AvgIpc) is 3.04. The molecule has 0 unspecified atom stereocenters. The number of fused-ring (bicyclic) bond motifs is 1. The molecular weight excluding hydrogens is 242 g/mol. The Kier molecular flexibility index (Phi) is 2.83. The SMILES string of the molecule is N#Cc1nc(CCc2cccs2)n2ccccc12. The number of nitriles is 1. The van der Waals surface area contributed by atoms with Gasteiger partial charge in [0.05, 0.1) is 5.52 Å². The van der Waals surface area contributed by atoms with Crippen LogP contribution in [0.2, 0.25) is 0 Å². The molecule has 0 bridgehead atoms. The number of hydrogen-bond donors (Lipinski definition) is 0. The lowest BCUT2D eigenvalue weighted by molar-refractivity contribution is 0.862. The Morgan fingerprint density at radius 1 is 1.22 bits per heavy atom. The molecule has 3 nitrogen and oxygen atoms in total. The first-order valence-electron chi connectivity index (χ1n) is 5.77. The van der Waals surface area contributed by atoms with E-state index in [1.807, 2.05) is 28.8 Å². The summed E-state index contributed by atoms with van der Waals surface area (Å²) in [6.45, 7) is 0. The molecule has 0 saturated carbocycles. The fourth-order valence-corrected chi connectivity index (χ4v) is 2.76. The Labute approximate surface area is 109 Å². The summed E-state index contributed by atoms with van der Waals surface area (Å²) in [5.41, 5.74) is 1.40. The van der Waals surface area contributed by atoms with Gasteiger partial charge in [-0.05, 0) is 30.0 Å². The summed E-state index contributed by atoms with van der Waals surface area (Å²) < 4.78 is 2.01. The Hall–Kier alpha value is -2.12. The van der Waals surface area contributed by atoms with Gasteiger partial charge in [0.25, 0.3) is 0 Å². The second kappa shape index (κ2) is 4.63. The third-order valence-corrected chi connectivity index (χ3v) is 3.84. The smallest absolute Gasteiger partial charge is 0.166 e. The van der Waals surface area contributed by atoms with E-state index >= 15 is 0 Å². The minimum atomic E-state index is 0.511. The van der Waals surface area contributed by atoms with E-state index in [1.54, 1.807) is 11.3 Å². The molecule has 0 N–H and O–H groups in total. The average molecular weight is 253 g/mol. The van der Waals surface area contributed by atoms with Crippen molar-refractivity contribution < 1.29 is 0 Å². The van der Waals surface area contributed by atoms with E-state index in [2.05, 4.69) is 28.6 Å². The van der Waals surface area contributed by atoms with E-state index in [-0.39, 0.29) is 0 Å². The molecule has 0 spiro atoms. The summed E-state index contributed by atoms with van der Waals surface area (Å²) >= 11 is 1.76. The van der Waals surface area contributed by atoms with Crippen LogP contribution in [0.25, 0.3) is 5.52 Å². The normalized spacial score (nSPS) is 10.6. The van der Waals surface area contributed by atoms with Gasteiger partial charge in [-0.2, -0.15) is 5.26 Å². The van der Waals surface area contributed by atoms with Gasteiger partial charge in [-0.3, -0.25) is 0 Å². The van der Waals surface area contributed by atoms with E-state index in [4.69, 9.17) is 5.26 Å². The lowest BCUT2D eigenvalue weighted by Crippen LogP contribution is -1.96. The van der Waals surface area contributed by atoms with E-state index in [1.165, 1.54) is 4.88 Å². The maximum absolute atomic E-state index is 9.08. The minimum absolute atomic E-state index is 0.511. The Morgan fingerprint density at radius 3 is 2.94 bits per heavy atom. The predicted molar refractivity (Wildman–Crippen MR) is 71.6 cm³/mol. The monoisotopic (exact) mass is 253 g/mol. The van der Waals surface area contributed by atoms with Crippen molar-refractivity contribution >= 4 is 16.9 Å². The van der Waals surface area contributed by atoms with Crippen LogP contribution in [0.5, 0.6) is 0 Å². The van der Waals surface area contributed by atoms with Crippen LogP contribution in [0.4, 0.5) is 0 Å². The van der Waals surface area contributed by atoms with Crippen LogP contribution < -0.4 is 0 Å². The molecule has 0 aromatic carbocycles. The molecule has 3 rings (SSSR count). The molecule has 0 atom stereocenters. The number of thiophene rings is 1. The second-order valence-electron chi connectivity index (χ2n) is 4.02. The summed E-state index contributed by atoms with van der Waals surface area (Å²) in [5.74, 6) is 0.954. The maximum Gasteiger partial charge on any atom is 0.166 e. The highest BCUT2D eigenvalue weighted by molar-refractivity contribution is 7.09. The summed E-state index contributed by atoms with van der Waals surface area (Å²) in [5, 5.41) is 11.2. The third kappa shape index (κ3) is 1.89. The molecule has 18 heavy (non-hydrogen) atoms. The van der Waals surface area contributed by atoms with Crippen molar-refractivity contribution in [2.24, 2.45) is 0 Å². The summed E-state index contributed by atoms with van der Waals surface area (Å²) in [6.07, 6.45) is 3.79. The zero-order chi connectivity index (χ0) is 12.4. The number of aryl methyl sites for hydroxylation is 2. The Bertz CT molecular complexity index is 704. The van der Waals surface area contributed by atoms with Gasteiger partial charge < -0.3 is 4.40 Å². The quantitative estimate of drug-likeness (QED) is 0.720. The van der Waals surface area contributed by atoms with Gasteiger partial charge >= 0.3 is 0 Å². The van der Waals surface area contributed by atoms with Crippen LogP contribution in [0, 0.1) is 11.3 Å². The van der Waals surface area contributed by atoms with Crippen molar-refractivity contribution in [2.75, 3.05) is 0 Å². The summed E-state index contributed by atoms with van der Waals surface area (Å²) in [7, 11) is 0. The maximum atomic E-state index is 9.08. The van der Waals surface area contributed by atoms with Gasteiger partial charge in [0.1, 0.15) is 11.9 Å². The summed E-state index contributed by atoms with van der Waals surface area (Å²) in [6, 6.07) is 12.2. The lowest BCUT2D eigenvalue weighted by atomic mass is 10.2. The number of nitrogens with zero attached hydrogens (tertiary/aromatic N) is 3. The van der Waals surface area contributed by atoms with Gasteiger partial charge in [0, 0.05) is 17.5 Å². The van der Waals surface area contributed by atoms with Crippen molar-refractivity contribution in [2.45, 2.75) is 12.8 Å². The van der Waals surface area contributed by atoms with Gasteiger partial charge in [-0.1, -0.05) is 12.1 Å². The first-order valence-corrected chi connectivity index (χ1v) is 6.65. The highest BCUT2D eigenvalue weighted by Crippen LogP contribution is 2.16. The van der Waals surface area contributed by atoms with Crippen molar-refractivity contribution in [3.63, 3.8) is 0 Å². The van der Waals surface area contributed by atoms with Crippen LogP contribution >= 0.6 is 11.3 Å². The van der Waals surface area contributed by atoms with Gasteiger partial charge in [-0.15, -0.1) is 11.3 Å². The van der Waals surface area contributed by atoms with Crippen molar-refractivity contribution in [3.8, 4) is 6.07 Å². The number of pyridine rings is 1. The molecule has 88 valence electrons. The molecule has 3 heterocycles. The molecule has 4 heteroatoms. The molecule has 0 radical (unpaired) electrons. The van der Waals surface area contributed by atoms with Crippen molar-refractivity contribution in [1.29, 1.82) is 5.26 Å². The van der Waals surface area contributed by atoms with Crippen LogP contribution in [-0.2, 0) is 12.8 Å². The molecule has 0 fully saturated rings. The van der Waals surface area contributed by atoms with Gasteiger partial charge in [0.15, 0.2) is 5.69 Å². The lowest BCUT2D eigenvalue weighted by Gasteiger charge is -1.99. The largest absolute Gasteiger partial charge is 0.302 e. The summed E-state index contributed by atoms with van der Waals surface area (Å²) in [4.78, 5) is 5.76. The number of imidazole rings is 1. The number of rotatable bonds is 3. The molecular formula is C14H11N3S. The van der Waals surface area contributed by atoms with E-state index in [0.717, 1.165) is 24.2 Å². The van der Waals surface area contributed by atoms with E-state index in [9.17, 15) is 0 Å². The van der Waals surface area contributed by atoms with Crippen LogP contribution in [-0.4, -0.2) is 9.38 Å². The van der Waals surface area contributed by atoms with Gasteiger partial charge in [0.2, 0.25) is 0 Å². The highest BCUT2D eigenvalue weighted by Gasteiger charge is 2.09. The van der Waals surface area contributed by atoms with E-state index < -0.39 is 0 Å². The molecule has 3 aromatic rings. The topological polar surface area (TPSA) is 41.1 Å². The Balaban J connectivity index is 1.95. The molecule has 0 aliphatic rings. The van der Waals surface area contributed by atoms with Crippen molar-refractivity contribution in [3.05, 3.63) is 58.3 Å². The van der Waals surface area contributed by atoms with Crippen molar-refractivity contribution in [1.82, 2.24) is 9.38 Å². The Morgan fingerprint density at radius 2 is 2.17 bits per heavy atom. The molecule has 0 amide bonds. The zero-order valence-corrected chi connectivity index (χ0v) is 10.5. The van der Waals surface area contributed by atoms with Gasteiger partial charge in [-0.25, -0.2) is 4.98 Å². The standard InChI is InChI=1S/C14H11N3S/c15-10-12-13-5-1-2-8-17(13)14(16-12)7-6-11-4-3-9-18-11/h1-5,8-9H,6-7H2. The third-order valence-electron chi connectivity index (χ3n) is 2.90. The number of hydrogen-bond acceptors (Lipinski definition) is 3. The predicted octanol–water partition coefficient (Wildman–Crippen LogP) is 3.05. The molecule has 3 aromatic heterocycles. The highest BCUT2D eigenvalue weighted by atomic mass is 32.1. The first-order chi connectivity index (χ1) is 8.88. The minimum Gasteiger partial charge on any atom is -0.302 e. The first kappa shape index (κ1) is 11.0. The molecule has 0 aliphatic heterocycles. The number of aromatic nitrogens is 2. The zero-order valence-electron chi connectivity index (χ0n) is 9.71.